The summed E-state index contributed by atoms with van der Waals surface area (Å²) in [5, 5.41) is 112. The molecular weight excluding hydrogens is 684 g/mol. The first-order chi connectivity index (χ1) is 22.4. The molecule has 0 aromatic rings. The predicted octanol–water partition coefficient (Wildman–Crippen LogP) is -7.57. The third kappa shape index (κ3) is 10.4. The lowest BCUT2D eigenvalue weighted by atomic mass is 9.96. The molecule has 0 bridgehead atoms. The Morgan fingerprint density at radius 2 is 1.33 bits per heavy atom. The maximum atomic E-state index is 11.2. The van der Waals surface area contributed by atoms with E-state index < -0.39 is 141 Å². The van der Waals surface area contributed by atoms with E-state index in [0.29, 0.717) is 0 Å². The lowest BCUT2D eigenvalue weighted by Crippen LogP contribution is -2.65. The topological polar surface area (TPSA) is 351 Å². The van der Waals surface area contributed by atoms with Gasteiger partial charge in [0.2, 0.25) is 0 Å². The second-order valence-electron chi connectivity index (χ2n) is 11.6. The lowest BCUT2D eigenvalue weighted by Gasteiger charge is -2.47. The van der Waals surface area contributed by atoms with Crippen molar-refractivity contribution in [3.8, 4) is 0 Å². The van der Waals surface area contributed by atoms with Gasteiger partial charge in [-0.25, -0.2) is 4.18 Å². The summed E-state index contributed by atoms with van der Waals surface area (Å²) in [6.07, 6.45) is -30.3. The zero-order chi connectivity index (χ0) is 36.1. The second kappa shape index (κ2) is 18.1. The number of hydrogen-bond donors (Lipinski definition) is 12. The van der Waals surface area contributed by atoms with E-state index in [1.54, 1.807) is 0 Å². The number of hydrogen-bond acceptors (Lipinski definition) is 21. The molecule has 3 saturated heterocycles. The van der Waals surface area contributed by atoms with Crippen LogP contribution in [0.1, 0.15) is 13.3 Å². The number of ether oxygens (including phenoxy) is 7. The molecule has 3 rings (SSSR count). The predicted molar refractivity (Wildman–Crippen MR) is 149 cm³/mol. The molecule has 0 amide bonds. The number of aliphatic hydroxyl groups is 11. The monoisotopic (exact) mass is 730 g/mol. The Morgan fingerprint density at radius 1 is 0.750 bits per heavy atom. The number of methoxy groups -OCH3 is 1. The standard InChI is InChI=1S/C25H46O22S/c1-8-12(3-9(28)23(42-8)46-21(11(30)5-27)15(31)10(29)4-26)43-25-20(36)22(17(33)13(44-25)6-40-2)47-24-19(35)18(34)16(32)14(45-24)7-41-48(37,38)39/h8-36H,3-7H2,1-2H3,(H,37,38,39)/t8-,9+,10+,11-,12+,13+,14-,15-,16+,17-,18+,19-,20+,21+,22-,23-,24-,25+/m0/s1. The molecule has 3 aliphatic rings. The normalized spacial score (nSPS) is 42.2. The SMILES string of the molecule is COC[C@H]1O[C@@H](O[C@@H]2C[C@@H](O)[C@H](O[C@@H]([C@@H](O)[C@H](O)CO)[C@@H](O)CO)O[C@H]2C)[C@H](O)[C@@H](O[C@@H]2O[C@@H](COS(=O)(=O)O)[C@@H](O)[C@@H](O)[C@@H]2O)[C@H]1O. The molecule has 0 spiro atoms. The molecule has 3 aliphatic heterocycles. The van der Waals surface area contributed by atoms with Gasteiger partial charge < -0.3 is 89.3 Å². The number of aliphatic hydroxyl groups excluding tert-OH is 11. The second-order valence-corrected chi connectivity index (χ2v) is 12.7. The van der Waals surface area contributed by atoms with Crippen molar-refractivity contribution < 1.29 is 106 Å². The van der Waals surface area contributed by atoms with Crippen LogP contribution in [0.5, 0.6) is 0 Å². The summed E-state index contributed by atoms with van der Waals surface area (Å²) >= 11 is 0. The smallest absolute Gasteiger partial charge is 0.394 e. The van der Waals surface area contributed by atoms with Gasteiger partial charge in [-0.15, -0.1) is 0 Å². The first-order valence-electron chi connectivity index (χ1n) is 14.8. The highest BCUT2D eigenvalue weighted by molar-refractivity contribution is 7.80. The highest BCUT2D eigenvalue weighted by atomic mass is 32.3. The van der Waals surface area contributed by atoms with E-state index in [-0.39, 0.29) is 13.0 Å². The van der Waals surface area contributed by atoms with Gasteiger partial charge in [-0.1, -0.05) is 0 Å². The van der Waals surface area contributed by atoms with Crippen LogP contribution in [0.2, 0.25) is 0 Å². The van der Waals surface area contributed by atoms with Crippen LogP contribution in [0.4, 0.5) is 0 Å². The molecule has 0 unspecified atom stereocenters. The van der Waals surface area contributed by atoms with Crippen molar-refractivity contribution in [1.82, 2.24) is 0 Å². The average Bonchev–Trinajstić information content (AvgIpc) is 3.03. The molecule has 0 aromatic heterocycles. The zero-order valence-electron chi connectivity index (χ0n) is 25.8. The highest BCUT2D eigenvalue weighted by Gasteiger charge is 2.52. The minimum Gasteiger partial charge on any atom is -0.394 e. The van der Waals surface area contributed by atoms with Crippen molar-refractivity contribution in [3.05, 3.63) is 0 Å². The van der Waals surface area contributed by atoms with E-state index in [0.717, 1.165) is 0 Å². The Kier molecular flexibility index (Phi) is 15.7. The summed E-state index contributed by atoms with van der Waals surface area (Å²) in [4.78, 5) is 0. The van der Waals surface area contributed by atoms with Gasteiger partial charge in [0.15, 0.2) is 18.9 Å². The van der Waals surface area contributed by atoms with Gasteiger partial charge in [0.1, 0.15) is 79.4 Å². The summed E-state index contributed by atoms with van der Waals surface area (Å²) in [7, 11) is -3.73. The van der Waals surface area contributed by atoms with E-state index in [1.807, 2.05) is 0 Å². The Hall–Kier alpha value is -0.850. The summed E-state index contributed by atoms with van der Waals surface area (Å²) in [5.74, 6) is 0. The first-order valence-corrected chi connectivity index (χ1v) is 16.2. The van der Waals surface area contributed by atoms with Crippen LogP contribution < -0.4 is 0 Å². The summed E-state index contributed by atoms with van der Waals surface area (Å²) in [5.41, 5.74) is 0. The minimum atomic E-state index is -5.00. The molecule has 3 fully saturated rings. The Bertz CT molecular complexity index is 1070. The molecule has 18 atom stereocenters. The molecule has 284 valence electrons. The van der Waals surface area contributed by atoms with Crippen LogP contribution in [0, 0.1) is 0 Å². The fraction of sp³-hybridized carbons (Fsp3) is 1.00. The maximum Gasteiger partial charge on any atom is 0.397 e. The quantitative estimate of drug-likeness (QED) is 0.0656. The molecule has 48 heavy (non-hydrogen) atoms. The fourth-order valence-electron chi connectivity index (χ4n) is 5.33. The third-order valence-corrected chi connectivity index (χ3v) is 8.49. The zero-order valence-corrected chi connectivity index (χ0v) is 26.6. The Morgan fingerprint density at radius 3 is 1.90 bits per heavy atom. The van der Waals surface area contributed by atoms with Gasteiger partial charge in [0.25, 0.3) is 0 Å². The largest absolute Gasteiger partial charge is 0.397 e. The molecular formula is C25H46O22S. The maximum absolute atomic E-state index is 11.2. The van der Waals surface area contributed by atoms with Gasteiger partial charge in [-0.2, -0.15) is 8.42 Å². The summed E-state index contributed by atoms with van der Waals surface area (Å²) in [6, 6.07) is 0. The molecule has 0 aliphatic carbocycles. The van der Waals surface area contributed by atoms with E-state index in [1.165, 1.54) is 14.0 Å². The van der Waals surface area contributed by atoms with Crippen molar-refractivity contribution in [2.24, 2.45) is 0 Å². The van der Waals surface area contributed by atoms with Crippen LogP contribution in [-0.2, 0) is 47.7 Å². The van der Waals surface area contributed by atoms with Gasteiger partial charge in [0.05, 0.1) is 38.6 Å². The molecule has 23 heteroatoms. The van der Waals surface area contributed by atoms with Gasteiger partial charge >= 0.3 is 10.4 Å². The highest BCUT2D eigenvalue weighted by Crippen LogP contribution is 2.33. The van der Waals surface area contributed by atoms with Crippen LogP contribution in [0.3, 0.4) is 0 Å². The van der Waals surface area contributed by atoms with E-state index in [9.17, 15) is 59.5 Å². The van der Waals surface area contributed by atoms with Crippen LogP contribution in [0.15, 0.2) is 0 Å². The van der Waals surface area contributed by atoms with Crippen molar-refractivity contribution in [3.63, 3.8) is 0 Å². The molecule has 22 nitrogen and oxygen atoms in total. The van der Waals surface area contributed by atoms with Crippen molar-refractivity contribution >= 4 is 10.4 Å². The van der Waals surface area contributed by atoms with Gasteiger partial charge in [-0.3, -0.25) is 4.55 Å². The van der Waals surface area contributed by atoms with Crippen LogP contribution in [-0.4, -0.2) is 213 Å². The van der Waals surface area contributed by atoms with Gasteiger partial charge in [0, 0.05) is 13.5 Å². The molecule has 0 aromatic carbocycles. The third-order valence-electron chi connectivity index (χ3n) is 8.06. The Labute approximate surface area is 274 Å². The summed E-state index contributed by atoms with van der Waals surface area (Å²) < 4.78 is 73.7. The van der Waals surface area contributed by atoms with E-state index >= 15 is 0 Å². The molecule has 0 saturated carbocycles. The van der Waals surface area contributed by atoms with Crippen molar-refractivity contribution in [2.45, 2.75) is 124 Å². The first kappa shape index (κ1) is 41.6. The summed E-state index contributed by atoms with van der Waals surface area (Å²) in [6.45, 7) is -1.68. The number of rotatable bonds is 16. The average molecular weight is 731 g/mol. The van der Waals surface area contributed by atoms with Crippen LogP contribution >= 0.6 is 0 Å². The van der Waals surface area contributed by atoms with E-state index in [4.69, 9.17) is 42.8 Å². The van der Waals surface area contributed by atoms with Crippen LogP contribution in [0.25, 0.3) is 0 Å². The Balaban J connectivity index is 1.73. The molecule has 3 heterocycles. The van der Waals surface area contributed by atoms with E-state index in [2.05, 4.69) is 4.18 Å². The van der Waals surface area contributed by atoms with Gasteiger partial charge in [-0.05, 0) is 6.92 Å². The minimum absolute atomic E-state index is 0.286. The molecule has 12 N–H and O–H groups in total. The van der Waals surface area contributed by atoms with Crippen molar-refractivity contribution in [2.75, 3.05) is 33.5 Å². The van der Waals surface area contributed by atoms with Crippen molar-refractivity contribution in [1.29, 1.82) is 0 Å². The lowest BCUT2D eigenvalue weighted by molar-refractivity contribution is -0.373. The fourth-order valence-corrected chi connectivity index (χ4v) is 5.63. The molecule has 0 radical (unpaired) electrons.